The molecule has 0 radical (unpaired) electrons. The van der Waals surface area contributed by atoms with E-state index in [0.717, 1.165) is 37.4 Å². The molecule has 0 saturated carbocycles. The van der Waals surface area contributed by atoms with Gasteiger partial charge in [0.15, 0.2) is 0 Å². The number of carbonyl (C=O) groups is 1. The van der Waals surface area contributed by atoms with Crippen molar-refractivity contribution in [3.8, 4) is 0 Å². The molecule has 0 unspecified atom stereocenters. The Balaban J connectivity index is 2.07. The molecule has 3 nitrogen and oxygen atoms in total. The Hall–Kier alpha value is -1.51. The van der Waals surface area contributed by atoms with Crippen LogP contribution in [0.3, 0.4) is 0 Å². The number of benzene rings is 1. The summed E-state index contributed by atoms with van der Waals surface area (Å²) >= 11 is 0. The number of anilines is 1. The largest absolute Gasteiger partial charge is 0.398 e. The van der Waals surface area contributed by atoms with Gasteiger partial charge in [0.2, 0.25) is 0 Å². The molecule has 0 bridgehead atoms. The minimum Gasteiger partial charge on any atom is -0.398 e. The summed E-state index contributed by atoms with van der Waals surface area (Å²) in [6.45, 7) is 8.18. The van der Waals surface area contributed by atoms with Crippen molar-refractivity contribution < 1.29 is 4.79 Å². The molecule has 0 spiro atoms. The van der Waals surface area contributed by atoms with E-state index in [2.05, 4.69) is 13.8 Å². The summed E-state index contributed by atoms with van der Waals surface area (Å²) in [5.41, 5.74) is 8.27. The Morgan fingerprint density at radius 1 is 1.32 bits per heavy atom. The van der Waals surface area contributed by atoms with Crippen LogP contribution in [-0.4, -0.2) is 23.9 Å². The number of amides is 1. The maximum atomic E-state index is 12.5. The number of para-hydroxylation sites is 1. The molecule has 2 rings (SSSR count). The van der Waals surface area contributed by atoms with Crippen LogP contribution in [0.4, 0.5) is 5.69 Å². The van der Waals surface area contributed by atoms with Gasteiger partial charge in [0.05, 0.1) is 5.56 Å². The van der Waals surface area contributed by atoms with Crippen LogP contribution in [0.5, 0.6) is 0 Å². The van der Waals surface area contributed by atoms with Crippen molar-refractivity contribution in [2.24, 2.45) is 11.8 Å². The smallest absolute Gasteiger partial charge is 0.255 e. The number of nitrogen functional groups attached to an aromatic ring is 1. The fourth-order valence-corrected chi connectivity index (χ4v) is 2.81. The van der Waals surface area contributed by atoms with Crippen LogP contribution < -0.4 is 5.73 Å². The van der Waals surface area contributed by atoms with E-state index in [1.165, 1.54) is 0 Å². The zero-order valence-electron chi connectivity index (χ0n) is 12.1. The van der Waals surface area contributed by atoms with Gasteiger partial charge in [-0.1, -0.05) is 26.0 Å². The molecular formula is C16H24N2O. The monoisotopic (exact) mass is 260 g/mol. The highest BCUT2D eigenvalue weighted by Crippen LogP contribution is 2.26. The number of likely N-dealkylation sites (tertiary alicyclic amines) is 1. The molecule has 1 aromatic carbocycles. The van der Waals surface area contributed by atoms with E-state index in [9.17, 15) is 4.79 Å². The first-order valence-corrected chi connectivity index (χ1v) is 7.15. The molecule has 1 aromatic rings. The molecule has 0 atom stereocenters. The maximum Gasteiger partial charge on any atom is 0.255 e. The van der Waals surface area contributed by atoms with Gasteiger partial charge in [0, 0.05) is 18.8 Å². The predicted molar refractivity (Wildman–Crippen MR) is 79.1 cm³/mol. The molecule has 1 amide bonds. The van der Waals surface area contributed by atoms with Gasteiger partial charge in [0.25, 0.3) is 5.91 Å². The quantitative estimate of drug-likeness (QED) is 0.831. The summed E-state index contributed by atoms with van der Waals surface area (Å²) in [6.07, 6.45) is 2.21. The number of hydrogen-bond donors (Lipinski definition) is 1. The second-order valence-corrected chi connectivity index (χ2v) is 5.91. The summed E-state index contributed by atoms with van der Waals surface area (Å²) in [7, 11) is 0. The Morgan fingerprint density at radius 3 is 2.53 bits per heavy atom. The second kappa shape index (κ2) is 5.64. The molecule has 1 fully saturated rings. The molecular weight excluding hydrogens is 236 g/mol. The third-order valence-corrected chi connectivity index (χ3v) is 4.32. The number of piperidine rings is 1. The van der Waals surface area contributed by atoms with Gasteiger partial charge in [-0.05, 0) is 43.2 Å². The van der Waals surface area contributed by atoms with Gasteiger partial charge < -0.3 is 10.6 Å². The van der Waals surface area contributed by atoms with Gasteiger partial charge in [-0.2, -0.15) is 0 Å². The first kappa shape index (κ1) is 13.9. The van der Waals surface area contributed by atoms with E-state index in [1.54, 1.807) is 0 Å². The highest BCUT2D eigenvalue weighted by molar-refractivity contribution is 5.99. The number of carbonyl (C=O) groups excluding carboxylic acids is 1. The lowest BCUT2D eigenvalue weighted by atomic mass is 9.86. The molecule has 19 heavy (non-hydrogen) atoms. The lowest BCUT2D eigenvalue weighted by Gasteiger charge is -2.34. The third-order valence-electron chi connectivity index (χ3n) is 4.32. The molecule has 1 heterocycles. The average Bonchev–Trinajstić information content (AvgIpc) is 2.41. The molecule has 1 aliphatic heterocycles. The number of rotatable bonds is 2. The SMILES string of the molecule is Cc1cccc(C(=O)N2CCC(C(C)C)CC2)c1N. The van der Waals surface area contributed by atoms with E-state index in [-0.39, 0.29) is 5.91 Å². The Labute approximate surface area is 115 Å². The normalized spacial score (nSPS) is 16.9. The van der Waals surface area contributed by atoms with Crippen LogP contribution in [0, 0.1) is 18.8 Å². The number of aryl methyl sites for hydroxylation is 1. The molecule has 2 N–H and O–H groups in total. The lowest BCUT2D eigenvalue weighted by Crippen LogP contribution is -2.39. The van der Waals surface area contributed by atoms with E-state index in [0.29, 0.717) is 17.2 Å². The second-order valence-electron chi connectivity index (χ2n) is 5.91. The van der Waals surface area contributed by atoms with Crippen molar-refractivity contribution >= 4 is 11.6 Å². The van der Waals surface area contributed by atoms with Gasteiger partial charge >= 0.3 is 0 Å². The first-order chi connectivity index (χ1) is 9.00. The molecule has 1 aliphatic rings. The Kier molecular flexibility index (Phi) is 4.13. The standard InChI is InChI=1S/C16H24N2O/c1-11(2)13-7-9-18(10-8-13)16(19)14-6-4-5-12(3)15(14)17/h4-6,11,13H,7-10,17H2,1-3H3. The van der Waals surface area contributed by atoms with Gasteiger partial charge in [0.1, 0.15) is 0 Å². The third kappa shape index (κ3) is 2.91. The molecule has 1 saturated heterocycles. The van der Waals surface area contributed by atoms with Crippen LogP contribution in [0.2, 0.25) is 0 Å². The summed E-state index contributed by atoms with van der Waals surface area (Å²) in [6, 6.07) is 5.68. The van der Waals surface area contributed by atoms with Crippen LogP contribution in [0.25, 0.3) is 0 Å². The topological polar surface area (TPSA) is 46.3 Å². The Bertz CT molecular complexity index is 460. The molecule has 0 aromatic heterocycles. The zero-order valence-corrected chi connectivity index (χ0v) is 12.1. The maximum absolute atomic E-state index is 12.5. The summed E-state index contributed by atoms with van der Waals surface area (Å²) in [5, 5.41) is 0. The van der Waals surface area contributed by atoms with Crippen molar-refractivity contribution in [2.45, 2.75) is 33.6 Å². The summed E-state index contributed by atoms with van der Waals surface area (Å²) < 4.78 is 0. The predicted octanol–water partition coefficient (Wildman–Crippen LogP) is 3.09. The lowest BCUT2D eigenvalue weighted by molar-refractivity contribution is 0.0668. The van der Waals surface area contributed by atoms with Crippen molar-refractivity contribution in [1.82, 2.24) is 4.90 Å². The van der Waals surface area contributed by atoms with Crippen LogP contribution in [0.15, 0.2) is 18.2 Å². The molecule has 0 aliphatic carbocycles. The molecule has 3 heteroatoms. The fourth-order valence-electron chi connectivity index (χ4n) is 2.81. The van der Waals surface area contributed by atoms with Crippen molar-refractivity contribution in [3.63, 3.8) is 0 Å². The minimum absolute atomic E-state index is 0.0865. The summed E-state index contributed by atoms with van der Waals surface area (Å²) in [5.74, 6) is 1.55. The average molecular weight is 260 g/mol. The van der Waals surface area contributed by atoms with Crippen LogP contribution >= 0.6 is 0 Å². The minimum atomic E-state index is 0.0865. The van der Waals surface area contributed by atoms with Crippen molar-refractivity contribution in [2.75, 3.05) is 18.8 Å². The van der Waals surface area contributed by atoms with Gasteiger partial charge in [-0.3, -0.25) is 4.79 Å². The molecule has 104 valence electrons. The van der Waals surface area contributed by atoms with Crippen molar-refractivity contribution in [3.05, 3.63) is 29.3 Å². The number of nitrogens with zero attached hydrogens (tertiary/aromatic N) is 1. The van der Waals surface area contributed by atoms with Crippen molar-refractivity contribution in [1.29, 1.82) is 0 Å². The first-order valence-electron chi connectivity index (χ1n) is 7.15. The van der Waals surface area contributed by atoms with E-state index in [4.69, 9.17) is 5.73 Å². The van der Waals surface area contributed by atoms with Crippen LogP contribution in [-0.2, 0) is 0 Å². The van der Waals surface area contributed by atoms with E-state index >= 15 is 0 Å². The summed E-state index contributed by atoms with van der Waals surface area (Å²) in [4.78, 5) is 14.4. The van der Waals surface area contributed by atoms with Gasteiger partial charge in [-0.15, -0.1) is 0 Å². The highest BCUT2D eigenvalue weighted by atomic mass is 16.2. The number of nitrogens with two attached hydrogens (primary N) is 1. The Morgan fingerprint density at radius 2 is 1.95 bits per heavy atom. The van der Waals surface area contributed by atoms with E-state index in [1.807, 2.05) is 30.0 Å². The highest BCUT2D eigenvalue weighted by Gasteiger charge is 2.26. The van der Waals surface area contributed by atoms with Crippen LogP contribution in [0.1, 0.15) is 42.6 Å². The fraction of sp³-hybridized carbons (Fsp3) is 0.562. The zero-order chi connectivity index (χ0) is 14.0. The van der Waals surface area contributed by atoms with E-state index < -0.39 is 0 Å². The van der Waals surface area contributed by atoms with Gasteiger partial charge in [-0.25, -0.2) is 0 Å². The number of hydrogen-bond acceptors (Lipinski definition) is 2.